The zero-order valence-corrected chi connectivity index (χ0v) is 20.7. The summed E-state index contributed by atoms with van der Waals surface area (Å²) in [4.78, 5) is 48.6. The Labute approximate surface area is 208 Å². The number of imide groups is 1. The summed E-state index contributed by atoms with van der Waals surface area (Å²) in [6.45, 7) is 3.23. The summed E-state index contributed by atoms with van der Waals surface area (Å²) in [7, 11) is 0. The molecule has 1 heterocycles. The van der Waals surface area contributed by atoms with Gasteiger partial charge >= 0.3 is 11.9 Å². The van der Waals surface area contributed by atoms with Gasteiger partial charge in [0.1, 0.15) is 18.9 Å². The van der Waals surface area contributed by atoms with Crippen LogP contribution in [0.3, 0.4) is 0 Å². The third-order valence-corrected chi connectivity index (χ3v) is 6.13. The van der Waals surface area contributed by atoms with Gasteiger partial charge in [0.2, 0.25) is 0 Å². The lowest BCUT2D eigenvalue weighted by molar-refractivity contribution is -0.149. The fourth-order valence-corrected chi connectivity index (χ4v) is 4.38. The molecule has 0 saturated carbocycles. The van der Waals surface area contributed by atoms with Gasteiger partial charge in [-0.05, 0) is 89.7 Å². The van der Waals surface area contributed by atoms with E-state index < -0.39 is 29.6 Å². The lowest BCUT2D eigenvalue weighted by atomic mass is 10.1. The van der Waals surface area contributed by atoms with Crippen molar-refractivity contribution >= 4 is 63.5 Å². The van der Waals surface area contributed by atoms with Crippen LogP contribution in [-0.4, -0.2) is 45.7 Å². The van der Waals surface area contributed by atoms with Gasteiger partial charge in [0.15, 0.2) is 0 Å². The second-order valence-electron chi connectivity index (χ2n) is 7.29. The van der Waals surface area contributed by atoms with Gasteiger partial charge in [0.25, 0.3) is 11.1 Å². The van der Waals surface area contributed by atoms with Gasteiger partial charge in [-0.25, -0.2) is 4.79 Å². The minimum Gasteiger partial charge on any atom is -0.488 e. The minimum absolute atomic E-state index is 0.207. The average molecular weight is 581 g/mol. The van der Waals surface area contributed by atoms with Gasteiger partial charge < -0.3 is 14.6 Å². The summed E-state index contributed by atoms with van der Waals surface area (Å²) in [6.07, 6.45) is 1.26. The Bertz CT molecular complexity index is 1130. The largest absolute Gasteiger partial charge is 0.488 e. The molecule has 33 heavy (non-hydrogen) atoms. The second kappa shape index (κ2) is 10.8. The van der Waals surface area contributed by atoms with Crippen molar-refractivity contribution in [3.05, 3.63) is 67.6 Å². The fraction of sp³-hybridized carbons (Fsp3) is 0.217. The second-order valence-corrected chi connectivity index (χ2v) is 9.44. The number of carbonyl (C=O) groups is 4. The first-order chi connectivity index (χ1) is 15.6. The van der Waals surface area contributed by atoms with Crippen LogP contribution in [0.1, 0.15) is 35.3 Å². The first-order valence-corrected chi connectivity index (χ1v) is 11.7. The number of nitrogens with zero attached hydrogens (tertiary/aromatic N) is 1. The van der Waals surface area contributed by atoms with Gasteiger partial charge in [0, 0.05) is 0 Å². The quantitative estimate of drug-likeness (QED) is 0.275. The highest BCUT2D eigenvalue weighted by atomic mass is 127. The number of benzene rings is 2. The topological polar surface area (TPSA) is 110 Å². The van der Waals surface area contributed by atoms with Crippen LogP contribution in [0, 0.1) is 3.57 Å². The molecule has 1 saturated heterocycles. The van der Waals surface area contributed by atoms with Crippen molar-refractivity contribution in [3.63, 3.8) is 0 Å². The first kappa shape index (κ1) is 24.8. The number of hydrogen-bond acceptors (Lipinski definition) is 7. The maximum atomic E-state index is 12.6. The molecule has 0 spiro atoms. The van der Waals surface area contributed by atoms with Crippen LogP contribution in [0.25, 0.3) is 6.08 Å². The molecule has 2 aromatic carbocycles. The zero-order valence-electron chi connectivity index (χ0n) is 17.7. The smallest absolute Gasteiger partial charge is 0.335 e. The number of amides is 2. The number of esters is 1. The monoisotopic (exact) mass is 581 g/mol. The summed E-state index contributed by atoms with van der Waals surface area (Å²) in [6, 6.07) is 11.7. The number of carboxylic acids is 1. The van der Waals surface area contributed by atoms with Crippen molar-refractivity contribution < 1.29 is 33.8 Å². The van der Waals surface area contributed by atoms with Crippen molar-refractivity contribution in [2.45, 2.75) is 26.6 Å². The van der Waals surface area contributed by atoms with Crippen molar-refractivity contribution in [1.82, 2.24) is 4.90 Å². The Kier molecular flexibility index (Phi) is 8.14. The zero-order chi connectivity index (χ0) is 24.1. The molecule has 1 aliphatic heterocycles. The average Bonchev–Trinajstić information content (AvgIpc) is 3.00. The van der Waals surface area contributed by atoms with Gasteiger partial charge in [-0.15, -0.1) is 0 Å². The van der Waals surface area contributed by atoms with E-state index in [4.69, 9.17) is 14.6 Å². The number of hydrogen-bond donors (Lipinski definition) is 1. The summed E-state index contributed by atoms with van der Waals surface area (Å²) >= 11 is 2.88. The van der Waals surface area contributed by atoms with E-state index in [-0.39, 0.29) is 23.2 Å². The van der Waals surface area contributed by atoms with Gasteiger partial charge in [-0.2, -0.15) is 0 Å². The summed E-state index contributed by atoms with van der Waals surface area (Å²) < 4.78 is 11.6. The molecule has 172 valence electrons. The van der Waals surface area contributed by atoms with Crippen LogP contribution in [0.5, 0.6) is 5.75 Å². The normalized spacial score (nSPS) is 14.8. The van der Waals surface area contributed by atoms with E-state index in [1.165, 1.54) is 12.1 Å². The van der Waals surface area contributed by atoms with Crippen LogP contribution < -0.4 is 4.74 Å². The van der Waals surface area contributed by atoms with Gasteiger partial charge in [-0.3, -0.25) is 19.3 Å². The molecule has 0 aliphatic carbocycles. The Morgan fingerprint density at radius 1 is 1.15 bits per heavy atom. The van der Waals surface area contributed by atoms with Crippen LogP contribution in [0.4, 0.5) is 4.79 Å². The SMILES string of the molecule is CC(C)OC(=O)CN1C(=O)S/C(=C/c2ccc(OCc3ccc(C(=O)O)cc3)c(I)c2)C1=O. The van der Waals surface area contributed by atoms with E-state index in [0.717, 1.165) is 25.8 Å². The van der Waals surface area contributed by atoms with Gasteiger partial charge in [-0.1, -0.05) is 18.2 Å². The Morgan fingerprint density at radius 3 is 2.45 bits per heavy atom. The number of aromatic carboxylic acids is 1. The van der Waals surface area contributed by atoms with Crippen LogP contribution >= 0.6 is 34.4 Å². The van der Waals surface area contributed by atoms with Crippen molar-refractivity contribution in [1.29, 1.82) is 0 Å². The van der Waals surface area contributed by atoms with Crippen molar-refractivity contribution in [3.8, 4) is 5.75 Å². The molecule has 0 aromatic heterocycles. The van der Waals surface area contributed by atoms with E-state index >= 15 is 0 Å². The number of ether oxygens (including phenoxy) is 2. The number of carboxylic acid groups (broad SMARTS) is 1. The molecule has 8 nitrogen and oxygen atoms in total. The van der Waals surface area contributed by atoms with E-state index in [0.29, 0.717) is 11.3 Å². The standard InChI is InChI=1S/C23H20INO7S/c1-13(2)32-20(26)11-25-21(27)19(33-23(25)30)10-15-5-8-18(17(24)9-15)31-12-14-3-6-16(7-4-14)22(28)29/h3-10,13H,11-12H2,1-2H3,(H,28,29)/b19-10+. The molecule has 3 rings (SSSR count). The maximum Gasteiger partial charge on any atom is 0.335 e. The lowest BCUT2D eigenvalue weighted by Crippen LogP contribution is -2.35. The number of rotatable bonds is 8. The highest BCUT2D eigenvalue weighted by molar-refractivity contribution is 14.1. The van der Waals surface area contributed by atoms with Crippen LogP contribution in [-0.2, 0) is 20.9 Å². The van der Waals surface area contributed by atoms with E-state index in [1.807, 2.05) is 6.07 Å². The molecule has 1 fully saturated rings. The molecular weight excluding hydrogens is 561 g/mol. The third-order valence-electron chi connectivity index (χ3n) is 4.38. The van der Waals surface area contributed by atoms with Gasteiger partial charge in [0.05, 0.1) is 20.1 Å². The summed E-state index contributed by atoms with van der Waals surface area (Å²) in [5.74, 6) is -1.53. The molecule has 1 N–H and O–H groups in total. The Hall–Kier alpha value is -2.86. The third kappa shape index (κ3) is 6.57. The molecule has 0 bridgehead atoms. The molecule has 0 atom stereocenters. The number of thioether (sulfide) groups is 1. The number of halogens is 1. The number of carbonyl (C=O) groups excluding carboxylic acids is 3. The minimum atomic E-state index is -0.985. The highest BCUT2D eigenvalue weighted by Gasteiger charge is 2.36. The molecule has 2 aromatic rings. The highest BCUT2D eigenvalue weighted by Crippen LogP contribution is 2.33. The van der Waals surface area contributed by atoms with E-state index in [2.05, 4.69) is 22.6 Å². The summed E-state index contributed by atoms with van der Waals surface area (Å²) in [5, 5.41) is 8.44. The lowest BCUT2D eigenvalue weighted by Gasteiger charge is -2.13. The molecule has 1 aliphatic rings. The Morgan fingerprint density at radius 2 is 1.85 bits per heavy atom. The predicted octanol–water partition coefficient (Wildman–Crippen LogP) is 4.56. The van der Waals surface area contributed by atoms with E-state index in [9.17, 15) is 19.2 Å². The molecule has 0 radical (unpaired) electrons. The molecule has 0 unspecified atom stereocenters. The first-order valence-electron chi connectivity index (χ1n) is 9.83. The van der Waals surface area contributed by atoms with Crippen molar-refractivity contribution in [2.24, 2.45) is 0 Å². The Balaban J connectivity index is 1.65. The van der Waals surface area contributed by atoms with Crippen molar-refractivity contribution in [2.75, 3.05) is 6.54 Å². The molecule has 2 amide bonds. The van der Waals surface area contributed by atoms with E-state index in [1.54, 1.807) is 44.2 Å². The van der Waals surface area contributed by atoms with Crippen LogP contribution in [0.15, 0.2) is 47.4 Å². The predicted molar refractivity (Wildman–Crippen MR) is 131 cm³/mol. The molecule has 10 heteroatoms. The molecular formula is C23H20INO7S. The fourth-order valence-electron chi connectivity index (χ4n) is 2.85. The maximum absolute atomic E-state index is 12.6. The van der Waals surface area contributed by atoms with Crippen LogP contribution in [0.2, 0.25) is 0 Å². The summed E-state index contributed by atoms with van der Waals surface area (Å²) in [5.41, 5.74) is 1.73.